The van der Waals surface area contributed by atoms with E-state index in [4.69, 9.17) is 0 Å². The Bertz CT molecular complexity index is 201. The summed E-state index contributed by atoms with van der Waals surface area (Å²) in [6.07, 6.45) is 0. The van der Waals surface area contributed by atoms with Gasteiger partial charge in [-0.05, 0) is 0 Å². The Morgan fingerprint density at radius 2 is 1.42 bits per heavy atom. The molecule has 0 aliphatic carbocycles. The van der Waals surface area contributed by atoms with Gasteiger partial charge in [0.1, 0.15) is 0 Å². The highest BCUT2D eigenvalue weighted by molar-refractivity contribution is 8.06. The smallest absolute Gasteiger partial charge is 0.0229 e. The lowest BCUT2D eigenvalue weighted by atomic mass is 10.5. The van der Waals surface area contributed by atoms with Crippen LogP contribution in [0, 0.1) is 0 Å². The van der Waals surface area contributed by atoms with Gasteiger partial charge in [-0.3, -0.25) is 0 Å². The standard InChI is InChI=1S/C12H26S7/c1-9(16)6-18-11(4-14)7-17-8-12(5-15)19-10(2)3-13/h9-16H,3-8H2,1-2H3. The molecule has 0 N–H and O–H groups in total. The predicted octanol–water partition coefficient (Wildman–Crippen LogP) is 4.42. The number of hydrogen-bond donors (Lipinski definition) is 4. The van der Waals surface area contributed by atoms with Crippen molar-refractivity contribution in [3.63, 3.8) is 0 Å². The minimum atomic E-state index is 0.467. The van der Waals surface area contributed by atoms with E-state index in [9.17, 15) is 0 Å². The largest absolute Gasteiger partial charge is 0.178 e. The van der Waals surface area contributed by atoms with Gasteiger partial charge in [-0.25, -0.2) is 0 Å². The molecule has 0 heterocycles. The molecule has 0 amide bonds. The molecule has 116 valence electrons. The number of rotatable bonds is 12. The third-order valence-corrected chi connectivity index (χ3v) is 9.41. The Hall–Kier alpha value is 2.45. The van der Waals surface area contributed by atoms with Gasteiger partial charge in [0.15, 0.2) is 0 Å². The molecule has 0 aromatic rings. The third kappa shape index (κ3) is 12.7. The molecule has 4 unspecified atom stereocenters. The van der Waals surface area contributed by atoms with Crippen LogP contribution in [0.1, 0.15) is 13.8 Å². The molecule has 0 saturated heterocycles. The predicted molar refractivity (Wildman–Crippen MR) is 114 cm³/mol. The van der Waals surface area contributed by atoms with Crippen molar-refractivity contribution < 1.29 is 0 Å². The molecule has 0 spiro atoms. The Balaban J connectivity index is 3.82. The molecule has 7 heteroatoms. The first-order valence-corrected chi connectivity index (χ1v) is 11.9. The number of thiol groups is 4. The maximum atomic E-state index is 4.46. The minimum Gasteiger partial charge on any atom is -0.178 e. The van der Waals surface area contributed by atoms with Crippen molar-refractivity contribution in [1.29, 1.82) is 0 Å². The van der Waals surface area contributed by atoms with E-state index in [1.807, 2.05) is 35.3 Å². The van der Waals surface area contributed by atoms with Crippen LogP contribution >= 0.6 is 85.8 Å². The first-order chi connectivity index (χ1) is 9.03. The molecule has 0 saturated carbocycles. The second-order valence-electron chi connectivity index (χ2n) is 4.46. The van der Waals surface area contributed by atoms with Crippen molar-refractivity contribution >= 4 is 85.8 Å². The van der Waals surface area contributed by atoms with Gasteiger partial charge in [-0.15, -0.1) is 0 Å². The fraction of sp³-hybridized carbons (Fsp3) is 1.00. The van der Waals surface area contributed by atoms with Crippen LogP contribution in [0.4, 0.5) is 0 Å². The van der Waals surface area contributed by atoms with Crippen LogP contribution in [0.25, 0.3) is 0 Å². The topological polar surface area (TPSA) is 0 Å². The maximum Gasteiger partial charge on any atom is 0.0229 e. The maximum absolute atomic E-state index is 4.46. The van der Waals surface area contributed by atoms with Crippen LogP contribution in [0.15, 0.2) is 0 Å². The van der Waals surface area contributed by atoms with Crippen LogP contribution in [0.5, 0.6) is 0 Å². The Labute approximate surface area is 154 Å². The summed E-state index contributed by atoms with van der Waals surface area (Å²) in [6.45, 7) is 4.38. The van der Waals surface area contributed by atoms with Crippen molar-refractivity contribution in [2.45, 2.75) is 34.8 Å². The highest BCUT2D eigenvalue weighted by Crippen LogP contribution is 2.26. The molecule has 0 bridgehead atoms. The molecule has 0 aliphatic heterocycles. The quantitative estimate of drug-likeness (QED) is 0.362. The average molecular weight is 395 g/mol. The Kier molecular flexibility index (Phi) is 15.9. The van der Waals surface area contributed by atoms with Crippen LogP contribution in [0.2, 0.25) is 0 Å². The van der Waals surface area contributed by atoms with E-state index >= 15 is 0 Å². The summed E-state index contributed by atoms with van der Waals surface area (Å²) < 4.78 is 0. The first-order valence-electron chi connectivity index (χ1n) is 6.38. The van der Waals surface area contributed by atoms with Crippen LogP contribution in [-0.4, -0.2) is 55.5 Å². The SMILES string of the molecule is CC(S)CSC(CS)CSCC(CS)SC(C)CS. The lowest BCUT2D eigenvalue weighted by Gasteiger charge is -2.19. The zero-order valence-electron chi connectivity index (χ0n) is 11.6. The molecule has 4 atom stereocenters. The molecule has 0 aromatic heterocycles. The highest BCUT2D eigenvalue weighted by atomic mass is 32.2. The first kappa shape index (κ1) is 21.4. The van der Waals surface area contributed by atoms with E-state index in [-0.39, 0.29) is 0 Å². The fourth-order valence-corrected chi connectivity index (χ4v) is 6.62. The summed E-state index contributed by atoms with van der Waals surface area (Å²) in [5.74, 6) is 6.29. The van der Waals surface area contributed by atoms with Crippen LogP contribution in [0.3, 0.4) is 0 Å². The van der Waals surface area contributed by atoms with E-state index in [1.165, 1.54) is 11.5 Å². The lowest BCUT2D eigenvalue weighted by Crippen LogP contribution is -2.17. The van der Waals surface area contributed by atoms with Crippen LogP contribution in [-0.2, 0) is 0 Å². The van der Waals surface area contributed by atoms with Crippen molar-refractivity contribution in [2.24, 2.45) is 0 Å². The van der Waals surface area contributed by atoms with Gasteiger partial charge in [0, 0.05) is 55.5 Å². The van der Waals surface area contributed by atoms with Crippen molar-refractivity contribution in [3.05, 3.63) is 0 Å². The summed E-state index contributed by atoms with van der Waals surface area (Å²) >= 11 is 23.7. The molecule has 0 aromatic carbocycles. The summed E-state index contributed by atoms with van der Waals surface area (Å²) in [5.41, 5.74) is 0. The van der Waals surface area contributed by atoms with Gasteiger partial charge in [-0.2, -0.15) is 85.8 Å². The normalized spacial score (nSPS) is 18.0. The third-order valence-electron chi connectivity index (χ3n) is 2.27. The van der Waals surface area contributed by atoms with E-state index in [0.29, 0.717) is 21.0 Å². The van der Waals surface area contributed by atoms with E-state index < -0.39 is 0 Å². The van der Waals surface area contributed by atoms with Gasteiger partial charge in [0.2, 0.25) is 0 Å². The zero-order valence-corrected chi connectivity index (χ0v) is 17.6. The second-order valence-corrected chi connectivity index (χ2v) is 10.6. The summed E-state index contributed by atoms with van der Waals surface area (Å²) in [4.78, 5) is 0. The van der Waals surface area contributed by atoms with Crippen molar-refractivity contribution in [2.75, 3.05) is 34.5 Å². The van der Waals surface area contributed by atoms with Crippen LogP contribution < -0.4 is 0 Å². The molecule has 0 nitrogen and oxygen atoms in total. The Morgan fingerprint density at radius 1 is 0.842 bits per heavy atom. The van der Waals surface area contributed by atoms with Gasteiger partial charge >= 0.3 is 0 Å². The number of hydrogen-bond acceptors (Lipinski definition) is 7. The van der Waals surface area contributed by atoms with Gasteiger partial charge in [-0.1, -0.05) is 13.8 Å². The molecular weight excluding hydrogens is 369 g/mol. The van der Waals surface area contributed by atoms with E-state index in [1.54, 1.807) is 0 Å². The second kappa shape index (κ2) is 14.1. The minimum absolute atomic E-state index is 0.467. The zero-order chi connectivity index (χ0) is 14.7. The number of thioether (sulfide) groups is 3. The van der Waals surface area contributed by atoms with Crippen molar-refractivity contribution in [1.82, 2.24) is 0 Å². The molecule has 0 rings (SSSR count). The summed E-state index contributed by atoms with van der Waals surface area (Å²) in [5, 5.41) is 2.34. The Morgan fingerprint density at radius 3 is 1.89 bits per heavy atom. The molecule has 0 fully saturated rings. The molecule has 19 heavy (non-hydrogen) atoms. The van der Waals surface area contributed by atoms with Gasteiger partial charge in [0.25, 0.3) is 0 Å². The molecule has 0 radical (unpaired) electrons. The van der Waals surface area contributed by atoms with E-state index in [0.717, 1.165) is 23.0 Å². The fourth-order valence-electron chi connectivity index (χ4n) is 1.27. The molecular formula is C12H26S7. The monoisotopic (exact) mass is 394 g/mol. The molecule has 0 aliphatic rings. The summed E-state index contributed by atoms with van der Waals surface area (Å²) in [7, 11) is 0. The van der Waals surface area contributed by atoms with Gasteiger partial charge in [0.05, 0.1) is 0 Å². The van der Waals surface area contributed by atoms with E-state index in [2.05, 4.69) is 64.4 Å². The van der Waals surface area contributed by atoms with Gasteiger partial charge < -0.3 is 0 Å². The summed E-state index contributed by atoms with van der Waals surface area (Å²) in [6, 6.07) is 0. The highest BCUT2D eigenvalue weighted by Gasteiger charge is 2.14. The van der Waals surface area contributed by atoms with Crippen molar-refractivity contribution in [3.8, 4) is 0 Å². The average Bonchev–Trinajstić information content (AvgIpc) is 2.40. The lowest BCUT2D eigenvalue weighted by molar-refractivity contribution is 1.07.